The molecule has 2 N–H and O–H groups in total. The van der Waals surface area contributed by atoms with Gasteiger partial charge in [-0.15, -0.1) is 0 Å². The average molecular weight is 279 g/mol. The van der Waals surface area contributed by atoms with Crippen LogP contribution >= 0.6 is 0 Å². The number of aromatic nitrogens is 2. The maximum atomic E-state index is 12.4. The van der Waals surface area contributed by atoms with E-state index >= 15 is 0 Å². The van der Waals surface area contributed by atoms with E-state index in [9.17, 15) is 8.42 Å². The van der Waals surface area contributed by atoms with Crippen LogP contribution in [0, 0.1) is 6.92 Å². The molecular formula is C13H17N3O2S. The van der Waals surface area contributed by atoms with Gasteiger partial charge in [0.15, 0.2) is 9.84 Å². The first-order chi connectivity index (χ1) is 8.92. The number of nitrogens with two attached hydrogens (primary N) is 1. The van der Waals surface area contributed by atoms with Crippen LogP contribution in [0.1, 0.15) is 18.1 Å². The van der Waals surface area contributed by atoms with Gasteiger partial charge in [0.1, 0.15) is 0 Å². The van der Waals surface area contributed by atoms with Crippen LogP contribution < -0.4 is 5.73 Å². The molecule has 0 unspecified atom stereocenters. The number of nitrogens with zero attached hydrogens (tertiary/aromatic N) is 2. The Kier molecular flexibility index (Phi) is 3.61. The van der Waals surface area contributed by atoms with Crippen molar-refractivity contribution in [2.45, 2.75) is 31.0 Å². The van der Waals surface area contributed by atoms with Gasteiger partial charge in [0.2, 0.25) is 0 Å². The van der Waals surface area contributed by atoms with Gasteiger partial charge in [-0.25, -0.2) is 8.42 Å². The lowest BCUT2D eigenvalue weighted by Crippen LogP contribution is -2.07. The third-order valence-electron chi connectivity index (χ3n) is 2.90. The van der Waals surface area contributed by atoms with Crippen LogP contribution in [-0.2, 0) is 22.1 Å². The third kappa shape index (κ3) is 2.96. The molecule has 102 valence electrons. The molecule has 0 aliphatic rings. The Bertz CT molecular complexity index is 690. The van der Waals surface area contributed by atoms with Gasteiger partial charge >= 0.3 is 0 Å². The average Bonchev–Trinajstić information content (AvgIpc) is 2.75. The van der Waals surface area contributed by atoms with Crippen molar-refractivity contribution in [2.24, 2.45) is 0 Å². The van der Waals surface area contributed by atoms with Crippen LogP contribution in [0.15, 0.2) is 35.5 Å². The highest BCUT2D eigenvalue weighted by molar-refractivity contribution is 7.90. The van der Waals surface area contributed by atoms with Crippen molar-refractivity contribution in [1.29, 1.82) is 0 Å². The maximum Gasteiger partial charge on any atom is 0.182 e. The molecule has 0 bridgehead atoms. The fourth-order valence-corrected chi connectivity index (χ4v) is 3.54. The summed E-state index contributed by atoms with van der Waals surface area (Å²) in [5, 5.41) is 4.08. The molecule has 0 atom stereocenters. The van der Waals surface area contributed by atoms with Gasteiger partial charge in [-0.3, -0.25) is 4.68 Å². The monoisotopic (exact) mass is 279 g/mol. The summed E-state index contributed by atoms with van der Waals surface area (Å²) in [7, 11) is -3.36. The minimum atomic E-state index is -3.36. The molecule has 0 saturated heterocycles. The van der Waals surface area contributed by atoms with Crippen molar-refractivity contribution in [1.82, 2.24) is 9.78 Å². The number of hydrogen-bond acceptors (Lipinski definition) is 4. The molecule has 2 rings (SSSR count). The van der Waals surface area contributed by atoms with E-state index in [2.05, 4.69) is 5.10 Å². The summed E-state index contributed by atoms with van der Waals surface area (Å²) in [5.74, 6) is -0.0439. The second kappa shape index (κ2) is 5.05. The Morgan fingerprint density at radius 3 is 2.68 bits per heavy atom. The van der Waals surface area contributed by atoms with E-state index in [0.717, 1.165) is 6.54 Å². The SMILES string of the molecule is CCn1cc(CS(=O)(=O)c2ccc(N)cc2C)cn1. The molecule has 1 aromatic carbocycles. The molecule has 0 spiro atoms. The number of hydrogen-bond donors (Lipinski definition) is 1. The Morgan fingerprint density at radius 1 is 1.37 bits per heavy atom. The lowest BCUT2D eigenvalue weighted by Gasteiger charge is -2.07. The van der Waals surface area contributed by atoms with Crippen LogP contribution in [0.25, 0.3) is 0 Å². The number of aryl methyl sites for hydroxylation is 2. The van der Waals surface area contributed by atoms with Gasteiger partial charge in [-0.05, 0) is 37.6 Å². The minimum absolute atomic E-state index is 0.0439. The number of nitrogen functional groups attached to an aromatic ring is 1. The van der Waals surface area contributed by atoms with Crippen LogP contribution in [0.5, 0.6) is 0 Å². The summed E-state index contributed by atoms with van der Waals surface area (Å²) in [4.78, 5) is 0.325. The molecule has 0 amide bonds. The lowest BCUT2D eigenvalue weighted by molar-refractivity contribution is 0.594. The maximum absolute atomic E-state index is 12.4. The van der Waals surface area contributed by atoms with Crippen molar-refractivity contribution in [3.8, 4) is 0 Å². The molecule has 5 nitrogen and oxygen atoms in total. The van der Waals surface area contributed by atoms with Crippen molar-refractivity contribution in [2.75, 3.05) is 5.73 Å². The van der Waals surface area contributed by atoms with Crippen molar-refractivity contribution < 1.29 is 8.42 Å². The second-order valence-electron chi connectivity index (χ2n) is 4.49. The first-order valence-corrected chi connectivity index (χ1v) is 7.68. The Balaban J connectivity index is 2.32. The summed E-state index contributed by atoms with van der Waals surface area (Å²) >= 11 is 0. The van der Waals surface area contributed by atoms with Crippen LogP contribution in [0.3, 0.4) is 0 Å². The predicted molar refractivity (Wildman–Crippen MR) is 74.4 cm³/mol. The highest BCUT2D eigenvalue weighted by Gasteiger charge is 2.18. The molecule has 1 aromatic heterocycles. The van der Waals surface area contributed by atoms with E-state index in [0.29, 0.717) is 21.7 Å². The van der Waals surface area contributed by atoms with Gasteiger partial charge in [0, 0.05) is 24.0 Å². The zero-order valence-electron chi connectivity index (χ0n) is 11.0. The fraction of sp³-hybridized carbons (Fsp3) is 0.308. The van der Waals surface area contributed by atoms with Crippen molar-refractivity contribution >= 4 is 15.5 Å². The third-order valence-corrected chi connectivity index (χ3v) is 4.74. The van der Waals surface area contributed by atoms with Gasteiger partial charge in [0.25, 0.3) is 0 Å². The molecule has 0 aliphatic carbocycles. The number of anilines is 1. The largest absolute Gasteiger partial charge is 0.399 e. The minimum Gasteiger partial charge on any atom is -0.399 e. The summed E-state index contributed by atoms with van der Waals surface area (Å²) in [6.45, 7) is 4.43. The standard InChI is InChI=1S/C13H17N3O2S/c1-3-16-8-11(7-15-16)9-19(17,18)13-5-4-12(14)6-10(13)2/h4-8H,3,9,14H2,1-2H3. The highest BCUT2D eigenvalue weighted by Crippen LogP contribution is 2.21. The molecule has 1 heterocycles. The van der Waals surface area contributed by atoms with Crippen LogP contribution in [-0.4, -0.2) is 18.2 Å². The first kappa shape index (κ1) is 13.6. The van der Waals surface area contributed by atoms with E-state index in [1.165, 1.54) is 0 Å². The van der Waals surface area contributed by atoms with E-state index in [4.69, 9.17) is 5.73 Å². The zero-order valence-corrected chi connectivity index (χ0v) is 11.8. The van der Waals surface area contributed by atoms with E-state index in [-0.39, 0.29) is 5.75 Å². The smallest absolute Gasteiger partial charge is 0.182 e. The first-order valence-electron chi connectivity index (χ1n) is 6.02. The number of sulfone groups is 1. The van der Waals surface area contributed by atoms with Crippen LogP contribution in [0.4, 0.5) is 5.69 Å². The molecule has 0 radical (unpaired) electrons. The van der Waals surface area contributed by atoms with Crippen LogP contribution in [0.2, 0.25) is 0 Å². The summed E-state index contributed by atoms with van der Waals surface area (Å²) in [5.41, 5.74) is 7.56. The zero-order chi connectivity index (χ0) is 14.0. The molecule has 2 aromatic rings. The van der Waals surface area contributed by atoms with Gasteiger partial charge in [0.05, 0.1) is 16.8 Å². The normalized spacial score (nSPS) is 11.7. The fourth-order valence-electron chi connectivity index (χ4n) is 1.97. The van der Waals surface area contributed by atoms with Gasteiger partial charge in [-0.1, -0.05) is 0 Å². The molecule has 19 heavy (non-hydrogen) atoms. The number of benzene rings is 1. The molecular weight excluding hydrogens is 262 g/mol. The van der Waals surface area contributed by atoms with E-state index in [1.807, 2.05) is 6.92 Å². The van der Waals surface area contributed by atoms with E-state index in [1.54, 1.807) is 42.2 Å². The van der Waals surface area contributed by atoms with Gasteiger partial charge < -0.3 is 5.73 Å². The molecule has 0 saturated carbocycles. The highest BCUT2D eigenvalue weighted by atomic mass is 32.2. The topological polar surface area (TPSA) is 78.0 Å². The second-order valence-corrected chi connectivity index (χ2v) is 6.45. The Morgan fingerprint density at radius 2 is 2.11 bits per heavy atom. The predicted octanol–water partition coefficient (Wildman–Crippen LogP) is 1.77. The van der Waals surface area contributed by atoms with Crippen molar-refractivity contribution in [3.05, 3.63) is 41.7 Å². The van der Waals surface area contributed by atoms with E-state index < -0.39 is 9.84 Å². The summed E-state index contributed by atoms with van der Waals surface area (Å²) in [6.07, 6.45) is 3.35. The number of rotatable bonds is 4. The Labute approximate surface area is 113 Å². The Hall–Kier alpha value is -1.82. The molecule has 6 heteroatoms. The van der Waals surface area contributed by atoms with Gasteiger partial charge in [-0.2, -0.15) is 5.10 Å². The molecule has 0 fully saturated rings. The lowest BCUT2D eigenvalue weighted by atomic mass is 10.2. The quantitative estimate of drug-likeness (QED) is 0.865. The van der Waals surface area contributed by atoms with Crippen molar-refractivity contribution in [3.63, 3.8) is 0 Å². The summed E-state index contributed by atoms with van der Waals surface area (Å²) in [6, 6.07) is 4.84. The molecule has 0 aliphatic heterocycles. The summed E-state index contributed by atoms with van der Waals surface area (Å²) < 4.78 is 26.4.